The molecule has 0 radical (unpaired) electrons. The van der Waals surface area contributed by atoms with Gasteiger partial charge < -0.3 is 4.74 Å². The Balaban J connectivity index is 2.07. The highest BCUT2D eigenvalue weighted by Gasteiger charge is 2.08. The Kier molecular flexibility index (Phi) is 3.36. The molecule has 78 valence electrons. The molecular weight excluding hydrogens is 184 g/mol. The van der Waals surface area contributed by atoms with Gasteiger partial charge in [0.25, 0.3) is 0 Å². The van der Waals surface area contributed by atoms with Crippen molar-refractivity contribution >= 4 is 5.57 Å². The van der Waals surface area contributed by atoms with Crippen LogP contribution in [0.3, 0.4) is 0 Å². The van der Waals surface area contributed by atoms with Crippen LogP contribution in [0.15, 0.2) is 48.6 Å². The number of hydrogen-bond donors (Lipinski definition) is 0. The monoisotopic (exact) mass is 200 g/mol. The second-order valence-electron chi connectivity index (χ2n) is 3.61. The second-order valence-corrected chi connectivity index (χ2v) is 3.61. The van der Waals surface area contributed by atoms with Crippen molar-refractivity contribution in [1.29, 1.82) is 0 Å². The fourth-order valence-electron chi connectivity index (χ4n) is 1.78. The Morgan fingerprint density at radius 3 is 2.67 bits per heavy atom. The van der Waals surface area contributed by atoms with Gasteiger partial charge in [-0.25, -0.2) is 0 Å². The minimum atomic E-state index is 0.266. The van der Waals surface area contributed by atoms with Crippen LogP contribution in [-0.4, -0.2) is 12.7 Å². The van der Waals surface area contributed by atoms with E-state index in [1.165, 1.54) is 11.1 Å². The largest absolute Gasteiger partial charge is 0.374 e. The number of hydrogen-bond acceptors (Lipinski definition) is 1. The van der Waals surface area contributed by atoms with Gasteiger partial charge in [-0.05, 0) is 24.5 Å². The summed E-state index contributed by atoms with van der Waals surface area (Å²) in [4.78, 5) is 0. The smallest absolute Gasteiger partial charge is 0.0793 e. The number of ether oxygens (including phenoxy) is 1. The molecule has 1 aromatic rings. The van der Waals surface area contributed by atoms with Crippen LogP contribution in [0.25, 0.3) is 5.57 Å². The zero-order chi connectivity index (χ0) is 10.5. The molecule has 0 saturated heterocycles. The lowest BCUT2D eigenvalue weighted by molar-refractivity contribution is 0.0980. The molecule has 1 aromatic carbocycles. The minimum Gasteiger partial charge on any atom is -0.374 e. The van der Waals surface area contributed by atoms with Gasteiger partial charge in [0, 0.05) is 6.61 Å². The third-order valence-corrected chi connectivity index (χ3v) is 2.55. The molecule has 15 heavy (non-hydrogen) atoms. The molecule has 1 atom stereocenters. The average Bonchev–Trinajstić information content (AvgIpc) is 2.32. The van der Waals surface area contributed by atoms with Gasteiger partial charge in [-0.2, -0.15) is 0 Å². The molecule has 0 amide bonds. The van der Waals surface area contributed by atoms with Crippen LogP contribution in [0.4, 0.5) is 0 Å². The number of benzene rings is 1. The standard InChI is InChI=1S/C14H16O/c1-2-15-14-10-8-13(9-11-14)12-6-4-3-5-7-12/h3-10,14H,2,11H2,1H3. The van der Waals surface area contributed by atoms with E-state index in [-0.39, 0.29) is 6.10 Å². The van der Waals surface area contributed by atoms with E-state index in [0.29, 0.717) is 0 Å². The molecular formula is C14H16O. The Morgan fingerprint density at radius 1 is 1.27 bits per heavy atom. The van der Waals surface area contributed by atoms with Gasteiger partial charge in [-0.1, -0.05) is 48.6 Å². The van der Waals surface area contributed by atoms with Gasteiger partial charge in [-0.15, -0.1) is 0 Å². The molecule has 1 nitrogen and oxygen atoms in total. The maximum Gasteiger partial charge on any atom is 0.0793 e. The quantitative estimate of drug-likeness (QED) is 0.726. The van der Waals surface area contributed by atoms with Crippen molar-refractivity contribution in [2.75, 3.05) is 6.61 Å². The Bertz CT molecular complexity index is 362. The summed E-state index contributed by atoms with van der Waals surface area (Å²) in [6, 6.07) is 10.4. The molecule has 0 spiro atoms. The summed E-state index contributed by atoms with van der Waals surface area (Å²) in [6.45, 7) is 2.81. The predicted molar refractivity (Wildman–Crippen MR) is 63.6 cm³/mol. The molecule has 1 heteroatoms. The van der Waals surface area contributed by atoms with Gasteiger partial charge in [0.2, 0.25) is 0 Å². The van der Waals surface area contributed by atoms with Crippen molar-refractivity contribution in [3.63, 3.8) is 0 Å². The lowest BCUT2D eigenvalue weighted by Crippen LogP contribution is -2.10. The van der Waals surface area contributed by atoms with Crippen LogP contribution in [0.2, 0.25) is 0 Å². The van der Waals surface area contributed by atoms with Crippen LogP contribution in [-0.2, 0) is 4.74 Å². The third-order valence-electron chi connectivity index (χ3n) is 2.55. The van der Waals surface area contributed by atoms with E-state index in [1.54, 1.807) is 0 Å². The lowest BCUT2D eigenvalue weighted by atomic mass is 9.98. The van der Waals surface area contributed by atoms with Crippen LogP contribution in [0, 0.1) is 0 Å². The Morgan fingerprint density at radius 2 is 2.07 bits per heavy atom. The first-order valence-corrected chi connectivity index (χ1v) is 5.45. The summed E-state index contributed by atoms with van der Waals surface area (Å²) in [6.07, 6.45) is 7.79. The fraction of sp³-hybridized carbons (Fsp3) is 0.286. The molecule has 0 heterocycles. The second kappa shape index (κ2) is 4.94. The fourth-order valence-corrected chi connectivity index (χ4v) is 1.78. The van der Waals surface area contributed by atoms with Crippen molar-refractivity contribution < 1.29 is 4.74 Å². The van der Waals surface area contributed by atoms with E-state index < -0.39 is 0 Å². The van der Waals surface area contributed by atoms with Gasteiger partial charge in [-0.3, -0.25) is 0 Å². The molecule has 2 rings (SSSR count). The first-order chi connectivity index (χ1) is 7.40. The summed E-state index contributed by atoms with van der Waals surface area (Å²) < 4.78 is 5.54. The number of allylic oxidation sites excluding steroid dienone is 2. The molecule has 0 saturated carbocycles. The SMILES string of the molecule is CCOC1C=CC(c2ccccc2)=CC1. The average molecular weight is 200 g/mol. The normalized spacial score (nSPS) is 20.1. The van der Waals surface area contributed by atoms with E-state index in [9.17, 15) is 0 Å². The zero-order valence-corrected chi connectivity index (χ0v) is 9.02. The Hall–Kier alpha value is -1.34. The Labute approximate surface area is 91.1 Å². The van der Waals surface area contributed by atoms with E-state index in [4.69, 9.17) is 4.74 Å². The molecule has 1 aliphatic carbocycles. The van der Waals surface area contributed by atoms with E-state index in [2.05, 4.69) is 42.5 Å². The molecule has 1 aliphatic rings. The number of rotatable bonds is 3. The van der Waals surface area contributed by atoms with Crippen LogP contribution >= 0.6 is 0 Å². The van der Waals surface area contributed by atoms with Gasteiger partial charge in [0.05, 0.1) is 6.10 Å². The van der Waals surface area contributed by atoms with Gasteiger partial charge in [0.15, 0.2) is 0 Å². The van der Waals surface area contributed by atoms with Crippen molar-refractivity contribution in [3.05, 3.63) is 54.1 Å². The molecule has 0 N–H and O–H groups in total. The van der Waals surface area contributed by atoms with E-state index in [1.807, 2.05) is 13.0 Å². The van der Waals surface area contributed by atoms with Crippen molar-refractivity contribution in [3.8, 4) is 0 Å². The van der Waals surface area contributed by atoms with Crippen molar-refractivity contribution in [2.45, 2.75) is 19.4 Å². The molecule has 0 fully saturated rings. The van der Waals surface area contributed by atoms with Gasteiger partial charge in [0.1, 0.15) is 0 Å². The third kappa shape index (κ3) is 2.57. The molecule has 0 aromatic heterocycles. The van der Waals surface area contributed by atoms with Crippen LogP contribution in [0.1, 0.15) is 18.9 Å². The minimum absolute atomic E-state index is 0.266. The summed E-state index contributed by atoms with van der Waals surface area (Å²) in [5.41, 5.74) is 2.58. The van der Waals surface area contributed by atoms with E-state index >= 15 is 0 Å². The first-order valence-electron chi connectivity index (χ1n) is 5.45. The van der Waals surface area contributed by atoms with Crippen LogP contribution < -0.4 is 0 Å². The highest BCUT2D eigenvalue weighted by atomic mass is 16.5. The summed E-state index contributed by atoms with van der Waals surface area (Å²) in [7, 11) is 0. The highest BCUT2D eigenvalue weighted by molar-refractivity contribution is 5.74. The van der Waals surface area contributed by atoms with Crippen molar-refractivity contribution in [1.82, 2.24) is 0 Å². The maximum absolute atomic E-state index is 5.54. The molecule has 0 aliphatic heterocycles. The van der Waals surface area contributed by atoms with E-state index in [0.717, 1.165) is 13.0 Å². The van der Waals surface area contributed by atoms with Crippen molar-refractivity contribution in [2.24, 2.45) is 0 Å². The van der Waals surface area contributed by atoms with Gasteiger partial charge >= 0.3 is 0 Å². The summed E-state index contributed by atoms with van der Waals surface area (Å²) in [5, 5.41) is 0. The molecule has 1 unspecified atom stereocenters. The first kappa shape index (κ1) is 10.2. The maximum atomic E-state index is 5.54. The predicted octanol–water partition coefficient (Wildman–Crippen LogP) is 3.44. The zero-order valence-electron chi connectivity index (χ0n) is 9.02. The summed E-state index contributed by atoms with van der Waals surface area (Å²) >= 11 is 0. The summed E-state index contributed by atoms with van der Waals surface area (Å²) in [5.74, 6) is 0. The van der Waals surface area contributed by atoms with Crippen LogP contribution in [0.5, 0.6) is 0 Å². The highest BCUT2D eigenvalue weighted by Crippen LogP contribution is 2.22. The topological polar surface area (TPSA) is 9.23 Å². The lowest BCUT2D eigenvalue weighted by Gasteiger charge is -2.16. The molecule has 0 bridgehead atoms.